The Hall–Kier alpha value is -6.26. The van der Waals surface area contributed by atoms with Crippen molar-refractivity contribution in [1.82, 2.24) is 15.2 Å². The van der Waals surface area contributed by atoms with Gasteiger partial charge in [0.15, 0.2) is 10.8 Å². The van der Waals surface area contributed by atoms with E-state index in [1.807, 2.05) is 91.0 Å². The Morgan fingerprint density at radius 2 is 1.65 bits per heavy atom. The van der Waals surface area contributed by atoms with Crippen LogP contribution in [0.3, 0.4) is 0 Å². The van der Waals surface area contributed by atoms with Crippen LogP contribution in [0.5, 0.6) is 0 Å². The van der Waals surface area contributed by atoms with E-state index in [0.29, 0.717) is 5.13 Å². The third-order valence-corrected chi connectivity index (χ3v) is 11.5. The number of β-lactam (4-membered cyclic amide) rings is 1. The highest BCUT2D eigenvalue weighted by atomic mass is 32.2. The maximum Gasteiger partial charge on any atom is 0.433 e. The molecule has 7 rings (SSSR count). The maximum atomic E-state index is 13.7. The van der Waals surface area contributed by atoms with E-state index in [1.54, 1.807) is 5.38 Å². The highest BCUT2D eigenvalue weighted by Gasteiger charge is 2.57. The SMILES string of the molecule is CON=C(C(=O)NC1C(=O)N2CC(C=Cc3ccc([N+](=O)[O-])o3)(C(=O)O)CS[C@H]12)c1csc(NC(c2ccccc2)(c2ccccc2)c2ccccc2)n1. The van der Waals surface area contributed by atoms with E-state index in [9.17, 15) is 29.6 Å². The third kappa shape index (κ3) is 6.72. The van der Waals surface area contributed by atoms with Crippen LogP contribution in [-0.4, -0.2) is 74.2 Å². The number of fused-ring (bicyclic) bond motifs is 1. The first kappa shape index (κ1) is 36.1. The summed E-state index contributed by atoms with van der Waals surface area (Å²) in [5.41, 5.74) is 0.617. The molecule has 274 valence electrons. The van der Waals surface area contributed by atoms with Gasteiger partial charge < -0.3 is 29.9 Å². The molecule has 0 bridgehead atoms. The van der Waals surface area contributed by atoms with Crippen LogP contribution in [0.1, 0.15) is 28.1 Å². The van der Waals surface area contributed by atoms with E-state index < -0.39 is 51.0 Å². The summed E-state index contributed by atoms with van der Waals surface area (Å²) in [5, 5.41) is 33.2. The van der Waals surface area contributed by atoms with Crippen molar-refractivity contribution < 1.29 is 33.7 Å². The summed E-state index contributed by atoms with van der Waals surface area (Å²) in [5.74, 6) is -2.65. The van der Waals surface area contributed by atoms with E-state index in [-0.39, 0.29) is 29.5 Å². The van der Waals surface area contributed by atoms with Gasteiger partial charge in [0.2, 0.25) is 5.91 Å². The van der Waals surface area contributed by atoms with Gasteiger partial charge in [0.1, 0.15) is 45.9 Å². The summed E-state index contributed by atoms with van der Waals surface area (Å²) in [6.07, 6.45) is 2.72. The molecule has 5 aromatic rings. The van der Waals surface area contributed by atoms with Gasteiger partial charge in [0.05, 0.1) is 6.07 Å². The summed E-state index contributed by atoms with van der Waals surface area (Å²) in [6, 6.07) is 31.5. The van der Waals surface area contributed by atoms with E-state index in [2.05, 4.69) is 15.8 Å². The normalized spacial score (nSPS) is 19.8. The van der Waals surface area contributed by atoms with Gasteiger partial charge in [0, 0.05) is 17.7 Å². The smallest absolute Gasteiger partial charge is 0.433 e. The summed E-state index contributed by atoms with van der Waals surface area (Å²) in [4.78, 5) is 61.0. The lowest BCUT2D eigenvalue weighted by molar-refractivity contribution is -0.402. The lowest BCUT2D eigenvalue weighted by Crippen LogP contribution is -2.73. The number of hydrogen-bond donors (Lipinski definition) is 3. The van der Waals surface area contributed by atoms with E-state index in [1.165, 1.54) is 59.4 Å². The molecule has 16 heteroatoms. The van der Waals surface area contributed by atoms with Crippen LogP contribution in [0.4, 0.5) is 11.0 Å². The molecule has 3 N–H and O–H groups in total. The van der Waals surface area contributed by atoms with Crippen LogP contribution in [0, 0.1) is 15.5 Å². The molecule has 2 aliphatic rings. The van der Waals surface area contributed by atoms with E-state index >= 15 is 0 Å². The molecule has 3 aromatic carbocycles. The Morgan fingerprint density at radius 3 is 2.19 bits per heavy atom. The molecule has 0 saturated carbocycles. The number of nitrogens with one attached hydrogen (secondary N) is 2. The first-order valence-electron chi connectivity index (χ1n) is 16.6. The van der Waals surface area contributed by atoms with Crippen molar-refractivity contribution in [2.45, 2.75) is 17.0 Å². The Bertz CT molecular complexity index is 2150. The number of aliphatic carboxylic acids is 1. The summed E-state index contributed by atoms with van der Waals surface area (Å²) in [7, 11) is 1.30. The second-order valence-corrected chi connectivity index (χ2v) is 14.4. The van der Waals surface area contributed by atoms with Gasteiger partial charge >= 0.3 is 11.9 Å². The number of carbonyl (C=O) groups is 3. The molecular formula is C38H32N6O8S2. The van der Waals surface area contributed by atoms with Gasteiger partial charge in [-0.2, -0.15) is 0 Å². The molecule has 14 nitrogen and oxygen atoms in total. The number of benzene rings is 3. The summed E-state index contributed by atoms with van der Waals surface area (Å²) < 4.78 is 5.13. The highest BCUT2D eigenvalue weighted by molar-refractivity contribution is 8.00. The Labute approximate surface area is 316 Å². The molecule has 4 heterocycles. The molecule has 0 radical (unpaired) electrons. The summed E-state index contributed by atoms with van der Waals surface area (Å²) >= 11 is 2.47. The molecule has 2 aliphatic heterocycles. The summed E-state index contributed by atoms with van der Waals surface area (Å²) in [6.45, 7) is -0.170. The van der Waals surface area contributed by atoms with Crippen LogP contribution < -0.4 is 10.6 Å². The zero-order valence-corrected chi connectivity index (χ0v) is 30.2. The molecule has 2 unspecified atom stereocenters. The van der Waals surface area contributed by atoms with Crippen molar-refractivity contribution in [2.24, 2.45) is 10.6 Å². The fourth-order valence-corrected chi connectivity index (χ4v) is 8.82. The van der Waals surface area contributed by atoms with Crippen molar-refractivity contribution in [3.63, 3.8) is 0 Å². The first-order valence-corrected chi connectivity index (χ1v) is 18.5. The average molecular weight is 765 g/mol. The number of furan rings is 1. The Balaban J connectivity index is 1.10. The molecule has 2 aromatic heterocycles. The average Bonchev–Trinajstić information content (AvgIpc) is 3.88. The first-order chi connectivity index (χ1) is 26.1. The molecular weight excluding hydrogens is 733 g/mol. The van der Waals surface area contributed by atoms with Gasteiger partial charge in [-0.05, 0) is 28.8 Å². The van der Waals surface area contributed by atoms with Crippen LogP contribution in [0.25, 0.3) is 6.08 Å². The number of carbonyl (C=O) groups excluding carboxylic acids is 2. The monoisotopic (exact) mass is 764 g/mol. The van der Waals surface area contributed by atoms with Crippen LogP contribution >= 0.6 is 23.1 Å². The lowest BCUT2D eigenvalue weighted by Gasteiger charge is -2.53. The zero-order chi connectivity index (χ0) is 37.9. The highest BCUT2D eigenvalue weighted by Crippen LogP contribution is 2.44. The topological polar surface area (TPSA) is 190 Å². The third-order valence-electron chi connectivity index (χ3n) is 9.24. The maximum absolute atomic E-state index is 13.7. The number of carboxylic acids is 1. The molecule has 0 aliphatic carbocycles. The largest absolute Gasteiger partial charge is 0.481 e. The zero-order valence-electron chi connectivity index (χ0n) is 28.5. The van der Waals surface area contributed by atoms with Crippen molar-refractivity contribution in [3.8, 4) is 0 Å². The molecule has 2 fully saturated rings. The lowest BCUT2D eigenvalue weighted by atomic mass is 9.77. The number of rotatable bonds is 13. The number of hydrogen-bond acceptors (Lipinski definition) is 12. The van der Waals surface area contributed by atoms with Gasteiger partial charge in [0.25, 0.3) is 5.91 Å². The second-order valence-electron chi connectivity index (χ2n) is 12.5. The van der Waals surface area contributed by atoms with Gasteiger partial charge in [-0.1, -0.05) is 102 Å². The number of anilines is 1. The fraction of sp³-hybridized carbons (Fsp3) is 0.184. The minimum atomic E-state index is -1.49. The van der Waals surface area contributed by atoms with Crippen molar-refractivity contribution in [3.05, 3.63) is 153 Å². The van der Waals surface area contributed by atoms with Gasteiger partial charge in [-0.15, -0.1) is 23.1 Å². The fourth-order valence-electron chi connectivity index (χ4n) is 6.55. The number of thioether (sulfide) groups is 1. The number of amides is 2. The molecule has 54 heavy (non-hydrogen) atoms. The van der Waals surface area contributed by atoms with Crippen molar-refractivity contribution in [1.29, 1.82) is 0 Å². The number of oxime groups is 1. The predicted octanol–water partition coefficient (Wildman–Crippen LogP) is 5.58. The second kappa shape index (κ2) is 15.0. The molecule has 2 amide bonds. The number of aromatic nitrogens is 1. The number of nitro groups is 1. The number of carboxylic acid groups (broad SMARTS) is 1. The number of thiazole rings is 1. The van der Waals surface area contributed by atoms with Crippen LogP contribution in [0.2, 0.25) is 0 Å². The van der Waals surface area contributed by atoms with Crippen molar-refractivity contribution >= 4 is 63.7 Å². The Kier molecular flexibility index (Phi) is 10.0. The van der Waals surface area contributed by atoms with Crippen LogP contribution in [0.15, 0.2) is 124 Å². The molecule has 3 atom stereocenters. The van der Waals surface area contributed by atoms with Gasteiger partial charge in [-0.25, -0.2) is 4.98 Å². The number of nitrogens with zero attached hydrogens (tertiary/aromatic N) is 4. The van der Waals surface area contributed by atoms with Crippen LogP contribution in [-0.2, 0) is 24.8 Å². The van der Waals surface area contributed by atoms with Crippen molar-refractivity contribution in [2.75, 3.05) is 24.7 Å². The minimum Gasteiger partial charge on any atom is -0.481 e. The Morgan fingerprint density at radius 1 is 1.04 bits per heavy atom. The van der Waals surface area contributed by atoms with E-state index in [0.717, 1.165) is 16.7 Å². The standard InChI is InChI=1S/C38H32N6O8S2/c1-51-42-30(32(45)40-31-33(46)43-22-37(35(47)48,23-54-34(31)43)20-19-27-17-18-29(52-27)44(49)50)28-21-53-36(39-28)41-38(24-11-5-2-6-12-24,25-13-7-3-8-14-25)26-15-9-4-10-16-26/h2-21,31,34H,22-23H2,1H3,(H,39,41)(H,40,45)(H,47,48)/t31?,34-,37?/m1/s1. The predicted molar refractivity (Wildman–Crippen MR) is 203 cm³/mol. The quantitative estimate of drug-likeness (QED) is 0.0446. The van der Waals surface area contributed by atoms with E-state index in [4.69, 9.17) is 14.2 Å². The minimum absolute atomic E-state index is 0.0641. The van der Waals surface area contributed by atoms with Gasteiger partial charge in [-0.3, -0.25) is 24.5 Å². The molecule has 2 saturated heterocycles. The molecule has 0 spiro atoms.